The first-order valence-electron chi connectivity index (χ1n) is 3.64. The third-order valence-corrected chi connectivity index (χ3v) is 1.67. The van der Waals surface area contributed by atoms with Crippen LogP contribution in [0.1, 0.15) is 25.0 Å². The molecule has 0 saturated heterocycles. The summed E-state index contributed by atoms with van der Waals surface area (Å²) in [6.45, 7) is 1.81. The Morgan fingerprint density at radius 1 is 1.55 bits per heavy atom. The number of hydrogen-bond donors (Lipinski definition) is 2. The van der Waals surface area contributed by atoms with Gasteiger partial charge in [0, 0.05) is 5.56 Å². The van der Waals surface area contributed by atoms with E-state index in [9.17, 15) is 10.2 Å². The van der Waals surface area contributed by atoms with Gasteiger partial charge in [0.2, 0.25) is 0 Å². The Bertz CT molecular complexity index is 193. The van der Waals surface area contributed by atoms with Gasteiger partial charge in [0.25, 0.3) is 0 Å². The molecular weight excluding hydrogens is 144 g/mol. The van der Waals surface area contributed by atoms with Gasteiger partial charge in [-0.1, -0.05) is 6.92 Å². The van der Waals surface area contributed by atoms with E-state index in [1.807, 2.05) is 6.92 Å². The first-order valence-corrected chi connectivity index (χ1v) is 3.64. The summed E-state index contributed by atoms with van der Waals surface area (Å²) in [4.78, 5) is 0. The largest absolute Gasteiger partial charge is 0.472 e. The third-order valence-electron chi connectivity index (χ3n) is 1.67. The summed E-state index contributed by atoms with van der Waals surface area (Å²) in [6, 6.07) is 1.64. The van der Waals surface area contributed by atoms with Crippen molar-refractivity contribution < 1.29 is 14.6 Å². The third kappa shape index (κ3) is 1.82. The molecule has 62 valence electrons. The van der Waals surface area contributed by atoms with E-state index < -0.39 is 12.2 Å². The van der Waals surface area contributed by atoms with E-state index in [4.69, 9.17) is 4.42 Å². The van der Waals surface area contributed by atoms with Gasteiger partial charge in [-0.3, -0.25) is 0 Å². The van der Waals surface area contributed by atoms with Crippen molar-refractivity contribution in [2.24, 2.45) is 0 Å². The highest BCUT2D eigenvalue weighted by Gasteiger charge is 2.16. The number of furan rings is 1. The fraction of sp³-hybridized carbons (Fsp3) is 0.500. The van der Waals surface area contributed by atoms with Crippen LogP contribution in [0.5, 0.6) is 0 Å². The van der Waals surface area contributed by atoms with Gasteiger partial charge in [-0.05, 0) is 12.5 Å². The van der Waals surface area contributed by atoms with E-state index in [1.165, 1.54) is 12.5 Å². The minimum atomic E-state index is -0.821. The number of aliphatic hydroxyl groups is 2. The maximum Gasteiger partial charge on any atom is 0.108 e. The Balaban J connectivity index is 2.62. The van der Waals surface area contributed by atoms with Gasteiger partial charge in [0.1, 0.15) is 6.10 Å². The number of aliphatic hydroxyl groups excluding tert-OH is 2. The van der Waals surface area contributed by atoms with Crippen LogP contribution in [0.2, 0.25) is 0 Å². The molecule has 1 rings (SSSR count). The quantitative estimate of drug-likeness (QED) is 0.688. The molecule has 0 saturated carbocycles. The molecule has 0 fully saturated rings. The minimum Gasteiger partial charge on any atom is -0.472 e. The maximum atomic E-state index is 9.37. The lowest BCUT2D eigenvalue weighted by molar-refractivity contribution is 0.0161. The Hall–Kier alpha value is -0.800. The first kappa shape index (κ1) is 8.30. The standard InChI is InChI=1S/C8H12O3/c1-2-7(9)8(10)6-3-4-11-5-6/h3-5,7-10H,2H2,1H3. The number of rotatable bonds is 3. The molecule has 11 heavy (non-hydrogen) atoms. The SMILES string of the molecule is CCC(O)C(O)c1ccoc1. The van der Waals surface area contributed by atoms with Gasteiger partial charge in [-0.2, -0.15) is 0 Å². The molecule has 3 nitrogen and oxygen atoms in total. The fourth-order valence-corrected chi connectivity index (χ4v) is 0.889. The molecule has 0 aliphatic rings. The summed E-state index contributed by atoms with van der Waals surface area (Å²) >= 11 is 0. The summed E-state index contributed by atoms with van der Waals surface area (Å²) in [5.41, 5.74) is 0.624. The zero-order chi connectivity index (χ0) is 8.27. The van der Waals surface area contributed by atoms with Gasteiger partial charge in [0.15, 0.2) is 0 Å². The van der Waals surface area contributed by atoms with Crippen LogP contribution in [0.4, 0.5) is 0 Å². The Kier molecular flexibility index (Phi) is 2.68. The highest BCUT2D eigenvalue weighted by molar-refractivity contribution is 5.10. The van der Waals surface area contributed by atoms with Crippen molar-refractivity contribution in [2.75, 3.05) is 0 Å². The molecule has 3 heteroatoms. The van der Waals surface area contributed by atoms with Gasteiger partial charge in [0.05, 0.1) is 18.6 Å². The lowest BCUT2D eigenvalue weighted by Crippen LogP contribution is -2.16. The van der Waals surface area contributed by atoms with E-state index in [0.29, 0.717) is 12.0 Å². The average molecular weight is 156 g/mol. The molecule has 0 aliphatic carbocycles. The minimum absolute atomic E-state index is 0.534. The molecule has 0 radical (unpaired) electrons. The summed E-state index contributed by atoms with van der Waals surface area (Å²) in [6.07, 6.45) is 1.92. The van der Waals surface area contributed by atoms with Crippen molar-refractivity contribution in [1.29, 1.82) is 0 Å². The highest BCUT2D eigenvalue weighted by Crippen LogP contribution is 2.18. The van der Waals surface area contributed by atoms with Crippen LogP contribution in [0.15, 0.2) is 23.0 Å². The molecular formula is C8H12O3. The van der Waals surface area contributed by atoms with E-state index in [-0.39, 0.29) is 0 Å². The molecule has 0 spiro atoms. The smallest absolute Gasteiger partial charge is 0.108 e. The molecule has 0 amide bonds. The first-order chi connectivity index (χ1) is 5.25. The second-order valence-electron chi connectivity index (χ2n) is 2.48. The van der Waals surface area contributed by atoms with Crippen LogP contribution in [0.25, 0.3) is 0 Å². The lowest BCUT2D eigenvalue weighted by atomic mass is 10.1. The van der Waals surface area contributed by atoms with Crippen LogP contribution < -0.4 is 0 Å². The number of hydrogen-bond acceptors (Lipinski definition) is 3. The molecule has 1 aromatic heterocycles. The van der Waals surface area contributed by atoms with Crippen LogP contribution in [-0.2, 0) is 0 Å². The molecule has 2 N–H and O–H groups in total. The van der Waals surface area contributed by atoms with Gasteiger partial charge in [-0.15, -0.1) is 0 Å². The molecule has 0 aromatic carbocycles. The van der Waals surface area contributed by atoms with Crippen molar-refractivity contribution in [3.05, 3.63) is 24.2 Å². The van der Waals surface area contributed by atoms with Crippen molar-refractivity contribution in [1.82, 2.24) is 0 Å². The van der Waals surface area contributed by atoms with E-state index >= 15 is 0 Å². The van der Waals surface area contributed by atoms with Crippen molar-refractivity contribution >= 4 is 0 Å². The molecule has 1 heterocycles. The summed E-state index contributed by atoms with van der Waals surface area (Å²) in [7, 11) is 0. The Morgan fingerprint density at radius 2 is 2.27 bits per heavy atom. The van der Waals surface area contributed by atoms with Crippen LogP contribution in [0.3, 0.4) is 0 Å². The topological polar surface area (TPSA) is 53.6 Å². The Morgan fingerprint density at radius 3 is 2.73 bits per heavy atom. The zero-order valence-corrected chi connectivity index (χ0v) is 6.40. The van der Waals surface area contributed by atoms with Crippen molar-refractivity contribution in [2.45, 2.75) is 25.6 Å². The molecule has 2 unspecified atom stereocenters. The fourth-order valence-electron chi connectivity index (χ4n) is 0.889. The Labute approximate surface area is 65.3 Å². The second kappa shape index (κ2) is 3.55. The van der Waals surface area contributed by atoms with Crippen LogP contribution >= 0.6 is 0 Å². The predicted molar refractivity (Wildman–Crippen MR) is 40.0 cm³/mol. The van der Waals surface area contributed by atoms with Gasteiger partial charge < -0.3 is 14.6 Å². The normalized spacial score (nSPS) is 16.3. The second-order valence-corrected chi connectivity index (χ2v) is 2.48. The van der Waals surface area contributed by atoms with Crippen LogP contribution in [0, 0.1) is 0 Å². The van der Waals surface area contributed by atoms with Gasteiger partial charge in [-0.25, -0.2) is 0 Å². The van der Waals surface area contributed by atoms with E-state index in [1.54, 1.807) is 6.07 Å². The molecule has 1 aromatic rings. The molecule has 0 aliphatic heterocycles. The predicted octanol–water partition coefficient (Wildman–Crippen LogP) is 1.08. The van der Waals surface area contributed by atoms with E-state index in [0.717, 1.165) is 0 Å². The van der Waals surface area contributed by atoms with Crippen LogP contribution in [-0.4, -0.2) is 16.3 Å². The maximum absolute atomic E-state index is 9.37. The van der Waals surface area contributed by atoms with Gasteiger partial charge >= 0.3 is 0 Å². The van der Waals surface area contributed by atoms with Crippen molar-refractivity contribution in [3.63, 3.8) is 0 Å². The van der Waals surface area contributed by atoms with Crippen molar-refractivity contribution in [3.8, 4) is 0 Å². The zero-order valence-electron chi connectivity index (χ0n) is 6.40. The average Bonchev–Trinajstić information content (AvgIpc) is 2.53. The summed E-state index contributed by atoms with van der Waals surface area (Å²) in [5, 5.41) is 18.6. The monoisotopic (exact) mass is 156 g/mol. The molecule has 0 bridgehead atoms. The highest BCUT2D eigenvalue weighted by atomic mass is 16.3. The van der Waals surface area contributed by atoms with E-state index in [2.05, 4.69) is 0 Å². The molecule has 2 atom stereocenters. The summed E-state index contributed by atoms with van der Waals surface area (Å²) in [5.74, 6) is 0. The lowest BCUT2D eigenvalue weighted by Gasteiger charge is -2.13. The summed E-state index contributed by atoms with van der Waals surface area (Å²) < 4.78 is 4.76.